The maximum Gasteiger partial charge on any atom is 0.330 e. The summed E-state index contributed by atoms with van der Waals surface area (Å²) in [5, 5.41) is 14.0. The minimum atomic E-state index is -0.693. The molecule has 2 N–H and O–H groups in total. The molecule has 0 aliphatic rings. The molecule has 5 nitrogen and oxygen atoms in total. The first-order chi connectivity index (χ1) is 16.7. The number of hydrogen-bond donors (Lipinski definition) is 2. The molecule has 0 radical (unpaired) electrons. The normalized spacial score (nSPS) is 15.1. The van der Waals surface area contributed by atoms with Crippen LogP contribution in [0.2, 0.25) is 0 Å². The highest BCUT2D eigenvalue weighted by Gasteiger charge is 2.17. The summed E-state index contributed by atoms with van der Waals surface area (Å²) >= 11 is 2.38. The largest absolute Gasteiger partial charge is 0.463 e. The van der Waals surface area contributed by atoms with E-state index in [4.69, 9.17) is 9.47 Å². The molecule has 0 spiro atoms. The lowest BCUT2D eigenvalue weighted by Gasteiger charge is -2.23. The van der Waals surface area contributed by atoms with E-state index in [1.54, 1.807) is 32.1 Å². The van der Waals surface area contributed by atoms with Crippen LogP contribution in [0.4, 0.5) is 4.39 Å². The summed E-state index contributed by atoms with van der Waals surface area (Å²) in [5.74, 6) is -0.579. The van der Waals surface area contributed by atoms with Crippen molar-refractivity contribution in [1.29, 1.82) is 0 Å². The van der Waals surface area contributed by atoms with Crippen molar-refractivity contribution < 1.29 is 23.8 Å². The molecule has 2 unspecified atom stereocenters. The maximum absolute atomic E-state index is 14.0. The summed E-state index contributed by atoms with van der Waals surface area (Å²) in [7, 11) is 0. The van der Waals surface area contributed by atoms with E-state index in [9.17, 15) is 14.3 Å². The fourth-order valence-corrected chi connectivity index (χ4v) is 4.38. The van der Waals surface area contributed by atoms with Crippen molar-refractivity contribution in [2.45, 2.75) is 62.7 Å². The van der Waals surface area contributed by atoms with Gasteiger partial charge in [0.05, 0.1) is 25.4 Å². The van der Waals surface area contributed by atoms with Gasteiger partial charge in [0, 0.05) is 22.6 Å². The van der Waals surface area contributed by atoms with Gasteiger partial charge in [-0.3, -0.25) is 0 Å². The minimum Gasteiger partial charge on any atom is -0.463 e. The van der Waals surface area contributed by atoms with Gasteiger partial charge in [-0.05, 0) is 68.0 Å². The smallest absolute Gasteiger partial charge is 0.330 e. The number of esters is 1. The van der Waals surface area contributed by atoms with Gasteiger partial charge in [-0.1, -0.05) is 65.9 Å². The predicted molar refractivity (Wildman–Crippen MR) is 147 cm³/mol. The van der Waals surface area contributed by atoms with Crippen molar-refractivity contribution in [3.8, 4) is 0 Å². The number of aliphatic hydroxyl groups is 1. The summed E-state index contributed by atoms with van der Waals surface area (Å²) in [4.78, 5) is 11.7. The zero-order chi connectivity index (χ0) is 25.8. The zero-order valence-electron chi connectivity index (χ0n) is 21.0. The number of alkyl halides is 1. The molecule has 0 bridgehead atoms. The molecule has 0 fully saturated rings. The molecule has 0 heterocycles. The number of nitrogens with one attached hydrogen (secondary N) is 1. The van der Waals surface area contributed by atoms with Crippen LogP contribution in [-0.2, 0) is 20.7 Å². The van der Waals surface area contributed by atoms with E-state index in [1.807, 2.05) is 37.3 Å². The van der Waals surface area contributed by atoms with E-state index in [1.165, 1.54) is 6.08 Å². The summed E-state index contributed by atoms with van der Waals surface area (Å²) in [5.41, 5.74) is 3.36. The van der Waals surface area contributed by atoms with E-state index < -0.39 is 6.10 Å². The van der Waals surface area contributed by atoms with Crippen molar-refractivity contribution in [3.63, 3.8) is 0 Å². The molecule has 4 atom stereocenters. The maximum atomic E-state index is 14.0. The van der Waals surface area contributed by atoms with Crippen LogP contribution in [0.25, 0.3) is 6.08 Å². The van der Waals surface area contributed by atoms with E-state index in [0.717, 1.165) is 23.1 Å². The fourth-order valence-electron chi connectivity index (χ4n) is 3.77. The minimum absolute atomic E-state index is 0.116. The molecule has 7 heteroatoms. The van der Waals surface area contributed by atoms with Crippen LogP contribution in [0.3, 0.4) is 0 Å². The van der Waals surface area contributed by atoms with Gasteiger partial charge in [-0.15, -0.1) is 0 Å². The van der Waals surface area contributed by atoms with Crippen molar-refractivity contribution in [1.82, 2.24) is 5.32 Å². The van der Waals surface area contributed by atoms with E-state index in [0.29, 0.717) is 29.1 Å². The lowest BCUT2D eigenvalue weighted by Crippen LogP contribution is -2.39. The molecule has 0 aliphatic carbocycles. The summed E-state index contributed by atoms with van der Waals surface area (Å²) in [6.45, 7) is 8.45. The predicted octanol–water partition coefficient (Wildman–Crippen LogP) is 5.56. The zero-order valence-corrected chi connectivity index (χ0v) is 23.1. The third-order valence-electron chi connectivity index (χ3n) is 5.63. The first-order valence-electron chi connectivity index (χ1n) is 12.1. The lowest BCUT2D eigenvalue weighted by atomic mass is 10.0. The number of carbonyl (C=O) groups is 1. The number of aryl methyl sites for hydroxylation is 1. The van der Waals surface area contributed by atoms with Gasteiger partial charge < -0.3 is 19.9 Å². The first kappa shape index (κ1) is 29.4. The standard InChI is InChI=1S/C28H37FINO4/c1-5-34-28(33)13-12-23-8-6-7-9-26(23)21(4)35-18-25(32)17-31-24(14-20(3)30)15-22-11-10-19(2)27(29)16-22/h6-13,16,20-21,24-25,31-32H,5,14-15,17-18H2,1-4H3/b13-12+/t20-,21?,24-,25?/m0/s1. The summed E-state index contributed by atoms with van der Waals surface area (Å²) < 4.78 is 25.3. The Morgan fingerprint density at radius 2 is 1.97 bits per heavy atom. The fraction of sp³-hybridized carbons (Fsp3) is 0.464. The van der Waals surface area contributed by atoms with Crippen LogP contribution in [0, 0.1) is 12.7 Å². The molecular weight excluding hydrogens is 560 g/mol. The Morgan fingerprint density at radius 1 is 1.23 bits per heavy atom. The number of hydrogen-bond acceptors (Lipinski definition) is 5. The van der Waals surface area contributed by atoms with Gasteiger partial charge in [0.2, 0.25) is 0 Å². The van der Waals surface area contributed by atoms with Gasteiger partial charge in [-0.2, -0.15) is 0 Å². The molecule has 0 aliphatic heterocycles. The van der Waals surface area contributed by atoms with E-state index in [-0.39, 0.29) is 30.5 Å². The number of carbonyl (C=O) groups excluding carboxylic acids is 1. The van der Waals surface area contributed by atoms with Crippen LogP contribution in [0.5, 0.6) is 0 Å². The molecule has 0 saturated heterocycles. The Labute approximate surface area is 222 Å². The highest BCUT2D eigenvalue weighted by molar-refractivity contribution is 14.1. The van der Waals surface area contributed by atoms with Gasteiger partial charge in [0.15, 0.2) is 0 Å². The van der Waals surface area contributed by atoms with E-state index in [2.05, 4.69) is 34.8 Å². The van der Waals surface area contributed by atoms with Gasteiger partial charge in [0.25, 0.3) is 0 Å². The van der Waals surface area contributed by atoms with Crippen LogP contribution >= 0.6 is 22.6 Å². The van der Waals surface area contributed by atoms with Gasteiger partial charge >= 0.3 is 5.97 Å². The molecule has 35 heavy (non-hydrogen) atoms. The Kier molecular flexibility index (Phi) is 12.9. The lowest BCUT2D eigenvalue weighted by molar-refractivity contribution is -0.137. The second kappa shape index (κ2) is 15.3. The SMILES string of the molecule is CCOC(=O)/C=C/c1ccccc1C(C)OCC(O)CN[C@H](Cc1ccc(C)c(F)c1)C[C@H](C)I. The van der Waals surface area contributed by atoms with Crippen LogP contribution in [-0.4, -0.2) is 46.9 Å². The Morgan fingerprint density at radius 3 is 2.66 bits per heavy atom. The Balaban J connectivity index is 1.91. The van der Waals surface area contributed by atoms with Crippen LogP contribution in [0.1, 0.15) is 55.5 Å². The topological polar surface area (TPSA) is 67.8 Å². The van der Waals surface area contributed by atoms with Gasteiger partial charge in [0.1, 0.15) is 5.82 Å². The average molecular weight is 598 g/mol. The molecule has 192 valence electrons. The number of benzene rings is 2. The van der Waals surface area contributed by atoms with Crippen molar-refractivity contribution in [2.75, 3.05) is 19.8 Å². The number of rotatable bonds is 14. The summed E-state index contributed by atoms with van der Waals surface area (Å²) in [6, 6.07) is 13.1. The monoisotopic (exact) mass is 597 g/mol. The molecule has 0 amide bonds. The van der Waals surface area contributed by atoms with Gasteiger partial charge in [-0.25, -0.2) is 9.18 Å². The van der Waals surface area contributed by atoms with Crippen molar-refractivity contribution in [3.05, 3.63) is 76.6 Å². The highest BCUT2D eigenvalue weighted by Crippen LogP contribution is 2.22. The molecule has 0 saturated carbocycles. The number of ether oxygens (including phenoxy) is 2. The van der Waals surface area contributed by atoms with E-state index >= 15 is 0 Å². The first-order valence-corrected chi connectivity index (χ1v) is 13.3. The quantitative estimate of drug-likeness (QED) is 0.129. The number of halogens is 2. The van der Waals surface area contributed by atoms with Crippen LogP contribution in [0.15, 0.2) is 48.5 Å². The Bertz CT molecular complexity index is 966. The Hall–Kier alpha value is -1.81. The highest BCUT2D eigenvalue weighted by atomic mass is 127. The average Bonchev–Trinajstić information content (AvgIpc) is 2.82. The second-order valence-electron chi connectivity index (χ2n) is 8.75. The molecule has 2 rings (SSSR count). The van der Waals surface area contributed by atoms with Crippen LogP contribution < -0.4 is 5.32 Å². The molecular formula is C28H37FINO4. The number of aliphatic hydroxyl groups excluding tert-OH is 1. The summed E-state index contributed by atoms with van der Waals surface area (Å²) in [6.07, 6.45) is 3.75. The molecule has 0 aromatic heterocycles. The molecule has 2 aromatic carbocycles. The third-order valence-corrected chi connectivity index (χ3v) is 6.14. The van der Waals surface area contributed by atoms with Crippen molar-refractivity contribution in [2.24, 2.45) is 0 Å². The second-order valence-corrected chi connectivity index (χ2v) is 10.9. The third kappa shape index (κ3) is 10.8. The molecule has 2 aromatic rings. The van der Waals surface area contributed by atoms with Crippen molar-refractivity contribution >= 4 is 34.6 Å².